The van der Waals surface area contributed by atoms with Crippen molar-refractivity contribution in [3.63, 3.8) is 0 Å². The Morgan fingerprint density at radius 1 is 1.32 bits per heavy atom. The van der Waals surface area contributed by atoms with Gasteiger partial charge in [-0.05, 0) is 32.6 Å². The molecule has 1 saturated heterocycles. The molecule has 0 aromatic heterocycles. The summed E-state index contributed by atoms with van der Waals surface area (Å²) in [5.41, 5.74) is 0. The number of nitrogens with zero attached hydrogens (tertiary/aromatic N) is 1. The quantitative estimate of drug-likeness (QED) is 0.712. The normalized spacial score (nSPS) is 20.3. The van der Waals surface area contributed by atoms with Crippen molar-refractivity contribution in [2.45, 2.75) is 45.1 Å². The zero-order valence-electron chi connectivity index (χ0n) is 11.5. The van der Waals surface area contributed by atoms with Crippen LogP contribution < -0.4 is 4.72 Å². The molecule has 0 spiro atoms. The fourth-order valence-electron chi connectivity index (χ4n) is 2.35. The van der Waals surface area contributed by atoms with Crippen LogP contribution in [0.2, 0.25) is 0 Å². The fraction of sp³-hybridized carbons (Fsp3) is 0.833. The number of hydrogen-bond donors (Lipinski definition) is 1. The van der Waals surface area contributed by atoms with Gasteiger partial charge in [0, 0.05) is 19.1 Å². The third-order valence-electron chi connectivity index (χ3n) is 3.19. The smallest absolute Gasteiger partial charge is 0.230 e. The summed E-state index contributed by atoms with van der Waals surface area (Å²) < 4.78 is 24.4. The van der Waals surface area contributed by atoms with E-state index in [0.717, 1.165) is 25.5 Å². The summed E-state index contributed by atoms with van der Waals surface area (Å²) in [6, 6.07) is 0.0369. The van der Waals surface area contributed by atoms with Crippen LogP contribution in [0, 0.1) is 0 Å². The molecule has 7 heteroatoms. The lowest BCUT2D eigenvalue weighted by atomic mass is 9.98. The molecule has 0 saturated carbocycles. The van der Waals surface area contributed by atoms with Gasteiger partial charge in [-0.25, -0.2) is 13.1 Å². The number of likely N-dealkylation sites (tertiary alicyclic amines) is 1. The van der Waals surface area contributed by atoms with E-state index in [1.165, 1.54) is 6.92 Å². The standard InChI is InChI=1S/C12H22N2O4S/c1-10(15)9-12(16)14-8-4-3-5-11(14)6-7-13-19(2,17)18/h11,13H,3-9H2,1-2H3. The van der Waals surface area contributed by atoms with Crippen molar-refractivity contribution >= 4 is 21.7 Å². The summed E-state index contributed by atoms with van der Waals surface area (Å²) in [7, 11) is -3.19. The second-order valence-corrected chi connectivity index (χ2v) is 6.90. The number of ketones is 1. The average Bonchev–Trinajstić information content (AvgIpc) is 2.27. The zero-order chi connectivity index (χ0) is 14.5. The Kier molecular flexibility index (Phi) is 5.93. The third kappa shape index (κ3) is 6.15. The van der Waals surface area contributed by atoms with Gasteiger partial charge in [0.15, 0.2) is 0 Å². The highest BCUT2D eigenvalue weighted by Crippen LogP contribution is 2.20. The highest BCUT2D eigenvalue weighted by Gasteiger charge is 2.26. The number of carbonyl (C=O) groups excluding carboxylic acids is 2. The van der Waals surface area contributed by atoms with E-state index < -0.39 is 10.0 Å². The number of carbonyl (C=O) groups is 2. The predicted octanol–water partition coefficient (Wildman–Crippen LogP) is 0.286. The van der Waals surface area contributed by atoms with Crippen LogP contribution in [0.5, 0.6) is 0 Å². The Morgan fingerprint density at radius 3 is 2.58 bits per heavy atom. The van der Waals surface area contributed by atoms with Gasteiger partial charge in [0.1, 0.15) is 5.78 Å². The number of rotatable bonds is 6. The van der Waals surface area contributed by atoms with Gasteiger partial charge in [0.2, 0.25) is 15.9 Å². The van der Waals surface area contributed by atoms with Crippen molar-refractivity contribution in [2.75, 3.05) is 19.3 Å². The number of nitrogens with one attached hydrogen (secondary N) is 1. The molecule has 1 aliphatic heterocycles. The monoisotopic (exact) mass is 290 g/mol. The molecule has 1 unspecified atom stereocenters. The topological polar surface area (TPSA) is 83.6 Å². The molecule has 1 amide bonds. The molecule has 1 atom stereocenters. The van der Waals surface area contributed by atoms with Gasteiger partial charge in [-0.3, -0.25) is 9.59 Å². The lowest BCUT2D eigenvalue weighted by Crippen LogP contribution is -2.45. The first-order chi connectivity index (χ1) is 8.79. The summed E-state index contributed by atoms with van der Waals surface area (Å²) in [5.74, 6) is -0.278. The SMILES string of the molecule is CC(=O)CC(=O)N1CCCCC1CCNS(C)(=O)=O. The van der Waals surface area contributed by atoms with Gasteiger partial charge in [0.05, 0.1) is 12.7 Å². The van der Waals surface area contributed by atoms with E-state index in [4.69, 9.17) is 0 Å². The van der Waals surface area contributed by atoms with Gasteiger partial charge in [0.25, 0.3) is 0 Å². The van der Waals surface area contributed by atoms with Crippen LogP contribution in [-0.2, 0) is 19.6 Å². The summed E-state index contributed by atoms with van der Waals surface area (Å²) >= 11 is 0. The van der Waals surface area contributed by atoms with Crippen LogP contribution in [-0.4, -0.2) is 50.4 Å². The van der Waals surface area contributed by atoms with Crippen LogP contribution in [0.25, 0.3) is 0 Å². The first-order valence-corrected chi connectivity index (χ1v) is 8.42. The van der Waals surface area contributed by atoms with E-state index in [2.05, 4.69) is 4.72 Å². The molecule has 1 aliphatic rings. The predicted molar refractivity (Wildman–Crippen MR) is 72.1 cm³/mol. The molecule has 0 aliphatic carbocycles. The lowest BCUT2D eigenvalue weighted by molar-refractivity contribution is -0.138. The molecule has 1 fully saturated rings. The Balaban J connectivity index is 2.52. The molecule has 0 bridgehead atoms. The summed E-state index contributed by atoms with van der Waals surface area (Å²) in [5, 5.41) is 0. The van der Waals surface area contributed by atoms with Crippen molar-refractivity contribution in [3.8, 4) is 0 Å². The van der Waals surface area contributed by atoms with Gasteiger partial charge >= 0.3 is 0 Å². The van der Waals surface area contributed by atoms with Gasteiger partial charge in [-0.2, -0.15) is 0 Å². The maximum absolute atomic E-state index is 11.9. The van der Waals surface area contributed by atoms with Crippen LogP contribution in [0.3, 0.4) is 0 Å². The van der Waals surface area contributed by atoms with Gasteiger partial charge in [-0.1, -0.05) is 0 Å². The van der Waals surface area contributed by atoms with Crippen LogP contribution in [0.4, 0.5) is 0 Å². The van der Waals surface area contributed by atoms with Crippen molar-refractivity contribution in [3.05, 3.63) is 0 Å². The fourth-order valence-corrected chi connectivity index (χ4v) is 2.84. The van der Waals surface area contributed by atoms with Crippen molar-refractivity contribution in [1.82, 2.24) is 9.62 Å². The lowest BCUT2D eigenvalue weighted by Gasteiger charge is -2.35. The second kappa shape index (κ2) is 7.00. The molecule has 1 rings (SSSR count). The van der Waals surface area contributed by atoms with Gasteiger partial charge in [-0.15, -0.1) is 0 Å². The Labute approximate surface area is 114 Å². The summed E-state index contributed by atoms with van der Waals surface area (Å²) in [4.78, 5) is 24.7. The maximum atomic E-state index is 11.9. The maximum Gasteiger partial charge on any atom is 0.230 e. The average molecular weight is 290 g/mol. The first kappa shape index (κ1) is 16.1. The van der Waals surface area contributed by atoms with E-state index in [-0.39, 0.29) is 24.2 Å². The Morgan fingerprint density at radius 2 is 2.00 bits per heavy atom. The second-order valence-electron chi connectivity index (χ2n) is 5.07. The minimum atomic E-state index is -3.19. The molecule has 0 radical (unpaired) electrons. The molecule has 6 nitrogen and oxygen atoms in total. The van der Waals surface area contributed by atoms with Crippen molar-refractivity contribution in [1.29, 1.82) is 0 Å². The van der Waals surface area contributed by atoms with Crippen molar-refractivity contribution < 1.29 is 18.0 Å². The molecular formula is C12H22N2O4S. The minimum absolute atomic E-state index is 0.0369. The van der Waals surface area contributed by atoms with Crippen LogP contribution in [0.1, 0.15) is 39.0 Å². The number of amides is 1. The largest absolute Gasteiger partial charge is 0.339 e. The van der Waals surface area contributed by atoms with Gasteiger partial charge < -0.3 is 4.90 Å². The summed E-state index contributed by atoms with van der Waals surface area (Å²) in [6.07, 6.45) is 4.50. The molecular weight excluding hydrogens is 268 g/mol. The zero-order valence-corrected chi connectivity index (χ0v) is 12.3. The molecule has 0 aromatic rings. The van der Waals surface area contributed by atoms with E-state index in [1.807, 2.05) is 0 Å². The Bertz CT molecular complexity index is 433. The number of hydrogen-bond acceptors (Lipinski definition) is 4. The van der Waals surface area contributed by atoms with E-state index in [9.17, 15) is 18.0 Å². The molecule has 19 heavy (non-hydrogen) atoms. The van der Waals surface area contributed by atoms with Crippen molar-refractivity contribution in [2.24, 2.45) is 0 Å². The highest BCUT2D eigenvalue weighted by molar-refractivity contribution is 7.88. The molecule has 0 aromatic carbocycles. The minimum Gasteiger partial charge on any atom is -0.339 e. The van der Waals surface area contributed by atoms with E-state index >= 15 is 0 Å². The molecule has 1 heterocycles. The molecule has 1 N–H and O–H groups in total. The Hall–Kier alpha value is -0.950. The summed E-state index contributed by atoms with van der Waals surface area (Å²) in [6.45, 7) is 2.39. The van der Waals surface area contributed by atoms with Crippen LogP contribution >= 0.6 is 0 Å². The number of piperidine rings is 1. The number of sulfonamides is 1. The van der Waals surface area contributed by atoms with E-state index in [0.29, 0.717) is 19.5 Å². The highest BCUT2D eigenvalue weighted by atomic mass is 32.2. The molecule has 110 valence electrons. The van der Waals surface area contributed by atoms with E-state index in [1.54, 1.807) is 4.90 Å². The third-order valence-corrected chi connectivity index (χ3v) is 3.92. The number of Topliss-reactive ketones (excluding diaryl/α,β-unsaturated/α-hetero) is 1. The van der Waals surface area contributed by atoms with Crippen LogP contribution in [0.15, 0.2) is 0 Å². The first-order valence-electron chi connectivity index (χ1n) is 6.53.